The van der Waals surface area contributed by atoms with Crippen molar-refractivity contribution in [1.82, 2.24) is 10.1 Å². The average Bonchev–Trinajstić information content (AvgIpc) is 3.33. The minimum atomic E-state index is -0.0787. The molecule has 3 aromatic rings. The first-order chi connectivity index (χ1) is 13.6. The fourth-order valence-corrected chi connectivity index (χ4v) is 3.54. The number of halogens is 1. The SMILES string of the molecule is COc1ccc(CCc2nc(C3CC(=O)N(c4cccc(Cl)c4)C3)no2)cc1. The predicted octanol–water partition coefficient (Wildman–Crippen LogP) is 4.04. The second-order valence-corrected chi connectivity index (χ2v) is 7.22. The molecule has 0 bridgehead atoms. The second kappa shape index (κ2) is 8.02. The van der Waals surface area contributed by atoms with E-state index in [1.165, 1.54) is 5.56 Å². The predicted molar refractivity (Wildman–Crippen MR) is 106 cm³/mol. The van der Waals surface area contributed by atoms with Crippen LogP contribution in [0, 0.1) is 0 Å². The maximum absolute atomic E-state index is 12.4. The molecule has 0 spiro atoms. The number of methoxy groups -OCH3 is 1. The molecule has 6 nitrogen and oxygen atoms in total. The highest BCUT2D eigenvalue weighted by Gasteiger charge is 2.34. The van der Waals surface area contributed by atoms with Gasteiger partial charge in [-0.05, 0) is 42.3 Å². The Labute approximate surface area is 168 Å². The highest BCUT2D eigenvalue weighted by molar-refractivity contribution is 6.30. The van der Waals surface area contributed by atoms with E-state index in [2.05, 4.69) is 10.1 Å². The van der Waals surface area contributed by atoms with Crippen LogP contribution in [-0.2, 0) is 17.6 Å². The van der Waals surface area contributed by atoms with E-state index in [0.717, 1.165) is 17.9 Å². The first-order valence-electron chi connectivity index (χ1n) is 9.14. The van der Waals surface area contributed by atoms with E-state index >= 15 is 0 Å². The smallest absolute Gasteiger partial charge is 0.227 e. The molecule has 2 heterocycles. The molecule has 1 fully saturated rings. The van der Waals surface area contributed by atoms with Gasteiger partial charge in [0.1, 0.15) is 5.75 Å². The Morgan fingerprint density at radius 3 is 2.79 bits per heavy atom. The Bertz CT molecular complexity index is 971. The third-order valence-electron chi connectivity index (χ3n) is 4.88. The number of aromatic nitrogens is 2. The van der Waals surface area contributed by atoms with Crippen LogP contribution in [0.15, 0.2) is 53.1 Å². The fraction of sp³-hybridized carbons (Fsp3) is 0.286. The molecule has 144 valence electrons. The van der Waals surface area contributed by atoms with E-state index in [1.807, 2.05) is 36.4 Å². The summed E-state index contributed by atoms with van der Waals surface area (Å²) in [5.41, 5.74) is 1.96. The normalized spacial score (nSPS) is 16.6. The van der Waals surface area contributed by atoms with Crippen molar-refractivity contribution in [2.75, 3.05) is 18.6 Å². The van der Waals surface area contributed by atoms with Crippen molar-refractivity contribution in [3.05, 3.63) is 70.8 Å². The molecule has 0 saturated carbocycles. The van der Waals surface area contributed by atoms with E-state index in [1.54, 1.807) is 24.1 Å². The van der Waals surface area contributed by atoms with Crippen LogP contribution in [0.3, 0.4) is 0 Å². The summed E-state index contributed by atoms with van der Waals surface area (Å²) in [5, 5.41) is 4.71. The summed E-state index contributed by atoms with van der Waals surface area (Å²) in [5.74, 6) is 1.96. The van der Waals surface area contributed by atoms with Crippen molar-refractivity contribution >= 4 is 23.2 Å². The van der Waals surface area contributed by atoms with E-state index in [-0.39, 0.29) is 11.8 Å². The summed E-state index contributed by atoms with van der Waals surface area (Å²) in [6.45, 7) is 0.524. The lowest BCUT2D eigenvalue weighted by Crippen LogP contribution is -2.24. The molecule has 1 saturated heterocycles. The number of carbonyl (C=O) groups is 1. The topological polar surface area (TPSA) is 68.5 Å². The molecule has 1 amide bonds. The zero-order chi connectivity index (χ0) is 19.5. The third kappa shape index (κ3) is 4.02. The lowest BCUT2D eigenvalue weighted by Gasteiger charge is -2.16. The summed E-state index contributed by atoms with van der Waals surface area (Å²) >= 11 is 6.05. The summed E-state index contributed by atoms with van der Waals surface area (Å²) in [4.78, 5) is 18.7. The zero-order valence-corrected chi connectivity index (χ0v) is 16.2. The van der Waals surface area contributed by atoms with Crippen LogP contribution in [0.1, 0.15) is 29.6 Å². The monoisotopic (exact) mass is 397 g/mol. The molecule has 7 heteroatoms. The number of benzene rings is 2. The van der Waals surface area contributed by atoms with Crippen molar-refractivity contribution in [2.24, 2.45) is 0 Å². The molecule has 1 unspecified atom stereocenters. The Morgan fingerprint density at radius 1 is 1.21 bits per heavy atom. The molecule has 1 atom stereocenters. The van der Waals surface area contributed by atoms with Gasteiger partial charge >= 0.3 is 0 Å². The van der Waals surface area contributed by atoms with Gasteiger partial charge in [0, 0.05) is 36.0 Å². The van der Waals surface area contributed by atoms with E-state index in [9.17, 15) is 4.79 Å². The van der Waals surface area contributed by atoms with Crippen molar-refractivity contribution in [2.45, 2.75) is 25.2 Å². The van der Waals surface area contributed by atoms with Crippen molar-refractivity contribution < 1.29 is 14.1 Å². The summed E-state index contributed by atoms with van der Waals surface area (Å²) in [6, 6.07) is 15.2. The Hall–Kier alpha value is -2.86. The number of anilines is 1. The largest absolute Gasteiger partial charge is 0.497 e. The molecule has 0 N–H and O–H groups in total. The number of amides is 1. The first-order valence-corrected chi connectivity index (χ1v) is 9.51. The van der Waals surface area contributed by atoms with Crippen LogP contribution >= 0.6 is 11.6 Å². The number of rotatable bonds is 6. The van der Waals surface area contributed by atoms with Crippen LogP contribution in [-0.4, -0.2) is 29.7 Å². The van der Waals surface area contributed by atoms with Crippen LogP contribution < -0.4 is 9.64 Å². The van der Waals surface area contributed by atoms with Gasteiger partial charge in [0.2, 0.25) is 11.8 Å². The lowest BCUT2D eigenvalue weighted by molar-refractivity contribution is -0.117. The van der Waals surface area contributed by atoms with Gasteiger partial charge in [-0.15, -0.1) is 0 Å². The van der Waals surface area contributed by atoms with Gasteiger partial charge in [0.15, 0.2) is 5.82 Å². The van der Waals surface area contributed by atoms with E-state index in [4.69, 9.17) is 20.9 Å². The Balaban J connectivity index is 1.39. The summed E-state index contributed by atoms with van der Waals surface area (Å²) in [7, 11) is 1.65. The van der Waals surface area contributed by atoms with Crippen LogP contribution in [0.5, 0.6) is 5.75 Å². The Kier molecular flexibility index (Phi) is 5.30. The average molecular weight is 398 g/mol. The standard InChI is InChI=1S/C21H20ClN3O3/c1-27-18-8-5-14(6-9-18)7-10-19-23-21(24-28-19)15-11-20(26)25(13-15)17-4-2-3-16(22)12-17/h2-6,8-9,12,15H,7,10-11,13H2,1H3. The van der Waals surface area contributed by atoms with Gasteiger partial charge in [0.05, 0.1) is 7.11 Å². The Morgan fingerprint density at radius 2 is 2.04 bits per heavy atom. The molecular weight excluding hydrogens is 378 g/mol. The van der Waals surface area contributed by atoms with E-state index in [0.29, 0.717) is 36.1 Å². The molecule has 0 aliphatic carbocycles. The molecule has 0 radical (unpaired) electrons. The molecule has 2 aromatic carbocycles. The minimum absolute atomic E-state index is 0.0387. The zero-order valence-electron chi connectivity index (χ0n) is 15.5. The second-order valence-electron chi connectivity index (χ2n) is 6.78. The van der Waals surface area contributed by atoms with E-state index < -0.39 is 0 Å². The molecule has 1 aliphatic rings. The number of aryl methyl sites for hydroxylation is 2. The van der Waals surface area contributed by atoms with Crippen LogP contribution in [0.2, 0.25) is 5.02 Å². The maximum atomic E-state index is 12.4. The lowest BCUT2D eigenvalue weighted by atomic mass is 10.1. The number of carbonyl (C=O) groups excluding carboxylic acids is 1. The highest BCUT2D eigenvalue weighted by Crippen LogP contribution is 2.31. The molecule has 1 aromatic heterocycles. The number of ether oxygens (including phenoxy) is 1. The van der Waals surface area contributed by atoms with Gasteiger partial charge in [-0.2, -0.15) is 4.98 Å². The summed E-state index contributed by atoms with van der Waals surface area (Å²) in [6.07, 6.45) is 1.81. The molecule has 4 rings (SSSR count). The molecule has 28 heavy (non-hydrogen) atoms. The third-order valence-corrected chi connectivity index (χ3v) is 5.12. The minimum Gasteiger partial charge on any atom is -0.497 e. The molecule has 1 aliphatic heterocycles. The van der Waals surface area contributed by atoms with Gasteiger partial charge in [-0.3, -0.25) is 4.79 Å². The highest BCUT2D eigenvalue weighted by atomic mass is 35.5. The van der Waals surface area contributed by atoms with Crippen LogP contribution in [0.25, 0.3) is 0 Å². The van der Waals surface area contributed by atoms with Gasteiger partial charge in [0.25, 0.3) is 0 Å². The van der Waals surface area contributed by atoms with Crippen molar-refractivity contribution in [1.29, 1.82) is 0 Å². The van der Waals surface area contributed by atoms with Crippen LogP contribution in [0.4, 0.5) is 5.69 Å². The van der Waals surface area contributed by atoms with Crippen molar-refractivity contribution in [3.63, 3.8) is 0 Å². The van der Waals surface area contributed by atoms with Crippen molar-refractivity contribution in [3.8, 4) is 5.75 Å². The number of nitrogens with zero attached hydrogens (tertiary/aromatic N) is 3. The molecular formula is C21H20ClN3O3. The number of hydrogen-bond donors (Lipinski definition) is 0. The summed E-state index contributed by atoms with van der Waals surface area (Å²) < 4.78 is 10.6. The first kappa shape index (κ1) is 18.5. The van der Waals surface area contributed by atoms with Gasteiger partial charge in [-0.1, -0.05) is 35.0 Å². The number of hydrogen-bond acceptors (Lipinski definition) is 5. The quantitative estimate of drug-likeness (QED) is 0.628. The van der Waals surface area contributed by atoms with Gasteiger partial charge in [-0.25, -0.2) is 0 Å². The maximum Gasteiger partial charge on any atom is 0.227 e. The fourth-order valence-electron chi connectivity index (χ4n) is 3.35. The van der Waals surface area contributed by atoms with Gasteiger partial charge < -0.3 is 14.2 Å².